The van der Waals surface area contributed by atoms with E-state index in [0.717, 1.165) is 30.2 Å². The van der Waals surface area contributed by atoms with E-state index in [1.54, 1.807) is 6.92 Å². The molecule has 1 atom stereocenters. The third-order valence-electron chi connectivity index (χ3n) is 3.45. The lowest BCUT2D eigenvalue weighted by Gasteiger charge is -2.18. The quantitative estimate of drug-likeness (QED) is 0.906. The first-order valence-corrected chi connectivity index (χ1v) is 8.51. The highest BCUT2D eigenvalue weighted by molar-refractivity contribution is 7.89. The zero-order valence-corrected chi connectivity index (χ0v) is 12.5. The number of hydrogen-bond acceptors (Lipinski definition) is 3. The monoisotopic (exact) mass is 302 g/mol. The van der Waals surface area contributed by atoms with Gasteiger partial charge in [-0.25, -0.2) is 13.1 Å². The van der Waals surface area contributed by atoms with Crippen LogP contribution < -0.4 is 9.62 Å². The molecule has 6 heteroatoms. The van der Waals surface area contributed by atoms with Gasteiger partial charge in [-0.15, -0.1) is 0 Å². The Labute approximate surface area is 119 Å². The summed E-state index contributed by atoms with van der Waals surface area (Å²) in [6.07, 6.45) is 1.01. The first-order chi connectivity index (χ1) is 9.00. The number of hydrogen-bond donors (Lipinski definition) is 1. The van der Waals surface area contributed by atoms with Crippen LogP contribution in [0.4, 0.5) is 5.69 Å². The molecule has 4 nitrogen and oxygen atoms in total. The van der Waals surface area contributed by atoms with Crippen molar-refractivity contribution in [3.8, 4) is 0 Å². The summed E-state index contributed by atoms with van der Waals surface area (Å²) in [6, 6.07) is 7.76. The van der Waals surface area contributed by atoms with Crippen LogP contribution in [0.15, 0.2) is 24.3 Å². The largest absolute Gasteiger partial charge is 0.371 e. The fourth-order valence-electron chi connectivity index (χ4n) is 2.23. The third-order valence-corrected chi connectivity index (χ3v) is 5.07. The van der Waals surface area contributed by atoms with Gasteiger partial charge >= 0.3 is 0 Å². The molecule has 2 rings (SSSR count). The van der Waals surface area contributed by atoms with E-state index < -0.39 is 10.0 Å². The minimum absolute atomic E-state index is 0.140. The Hall–Kier alpha value is -0.780. The fraction of sp³-hybridized carbons (Fsp3) is 0.538. The topological polar surface area (TPSA) is 49.4 Å². The lowest BCUT2D eigenvalue weighted by Crippen LogP contribution is -2.32. The van der Waals surface area contributed by atoms with Crippen molar-refractivity contribution < 1.29 is 8.42 Å². The molecule has 1 fully saturated rings. The molecule has 1 heterocycles. The Balaban J connectivity index is 1.88. The standard InChI is InChI=1S/C13H19ClN2O2S/c1-2-19(17,18)15-9-11-7-8-16(10-11)13-5-3-12(14)4-6-13/h3-6,11,15H,2,7-10H2,1H3. The molecule has 0 saturated carbocycles. The molecular formula is C13H19ClN2O2S. The number of anilines is 1. The van der Waals surface area contributed by atoms with Crippen molar-refractivity contribution >= 4 is 27.3 Å². The van der Waals surface area contributed by atoms with Crippen LogP contribution in [0.1, 0.15) is 13.3 Å². The summed E-state index contributed by atoms with van der Waals surface area (Å²) in [4.78, 5) is 2.27. The summed E-state index contributed by atoms with van der Waals surface area (Å²) < 4.78 is 25.5. The number of halogens is 1. The maximum atomic E-state index is 11.4. The van der Waals surface area contributed by atoms with E-state index in [4.69, 9.17) is 11.6 Å². The predicted molar refractivity (Wildman–Crippen MR) is 79.2 cm³/mol. The maximum absolute atomic E-state index is 11.4. The van der Waals surface area contributed by atoms with Crippen molar-refractivity contribution in [2.24, 2.45) is 5.92 Å². The van der Waals surface area contributed by atoms with Crippen LogP contribution in [-0.2, 0) is 10.0 Å². The zero-order valence-electron chi connectivity index (χ0n) is 11.0. The average Bonchev–Trinajstić information content (AvgIpc) is 2.86. The van der Waals surface area contributed by atoms with Crippen molar-refractivity contribution in [1.82, 2.24) is 4.72 Å². The lowest BCUT2D eigenvalue weighted by atomic mass is 10.1. The number of rotatable bonds is 5. The van der Waals surface area contributed by atoms with E-state index in [1.807, 2.05) is 24.3 Å². The van der Waals surface area contributed by atoms with E-state index >= 15 is 0 Å². The van der Waals surface area contributed by atoms with Gasteiger partial charge in [0, 0.05) is 30.3 Å². The molecule has 1 aromatic carbocycles. The Morgan fingerprint density at radius 1 is 1.37 bits per heavy atom. The molecule has 1 aromatic rings. The van der Waals surface area contributed by atoms with Gasteiger partial charge in [0.05, 0.1) is 5.75 Å². The Morgan fingerprint density at radius 2 is 2.05 bits per heavy atom. The normalized spacial score (nSPS) is 19.9. The van der Waals surface area contributed by atoms with E-state index in [9.17, 15) is 8.42 Å². The van der Waals surface area contributed by atoms with Gasteiger partial charge in [-0.1, -0.05) is 11.6 Å². The molecule has 1 unspecified atom stereocenters. The average molecular weight is 303 g/mol. The third kappa shape index (κ3) is 4.09. The van der Waals surface area contributed by atoms with Crippen LogP contribution in [0.25, 0.3) is 0 Å². The van der Waals surface area contributed by atoms with Crippen molar-refractivity contribution in [2.75, 3.05) is 30.3 Å². The van der Waals surface area contributed by atoms with Crippen molar-refractivity contribution in [1.29, 1.82) is 0 Å². The van der Waals surface area contributed by atoms with Gasteiger partial charge in [0.25, 0.3) is 0 Å². The highest BCUT2D eigenvalue weighted by Crippen LogP contribution is 2.24. The smallest absolute Gasteiger partial charge is 0.211 e. The van der Waals surface area contributed by atoms with Gasteiger partial charge in [-0.05, 0) is 43.5 Å². The minimum atomic E-state index is -3.08. The maximum Gasteiger partial charge on any atom is 0.211 e. The van der Waals surface area contributed by atoms with E-state index in [-0.39, 0.29) is 5.75 Å². The number of nitrogens with zero attached hydrogens (tertiary/aromatic N) is 1. The van der Waals surface area contributed by atoms with Crippen LogP contribution >= 0.6 is 11.6 Å². The van der Waals surface area contributed by atoms with Crippen molar-refractivity contribution in [2.45, 2.75) is 13.3 Å². The second-order valence-electron chi connectivity index (χ2n) is 4.83. The van der Waals surface area contributed by atoms with Gasteiger partial charge in [-0.2, -0.15) is 0 Å². The van der Waals surface area contributed by atoms with Gasteiger partial charge in [-0.3, -0.25) is 0 Å². The molecule has 0 aromatic heterocycles. The van der Waals surface area contributed by atoms with E-state index in [2.05, 4.69) is 9.62 Å². The predicted octanol–water partition coefficient (Wildman–Crippen LogP) is 2.11. The SMILES string of the molecule is CCS(=O)(=O)NCC1CCN(c2ccc(Cl)cc2)C1. The summed E-state index contributed by atoms with van der Waals surface area (Å²) in [6.45, 7) is 4.02. The molecule has 0 aliphatic carbocycles. The van der Waals surface area contributed by atoms with Gasteiger partial charge in [0.1, 0.15) is 0 Å². The molecule has 19 heavy (non-hydrogen) atoms. The number of nitrogens with one attached hydrogen (secondary N) is 1. The highest BCUT2D eigenvalue weighted by atomic mass is 35.5. The summed E-state index contributed by atoms with van der Waals surface area (Å²) in [5.74, 6) is 0.512. The summed E-state index contributed by atoms with van der Waals surface area (Å²) in [5.41, 5.74) is 1.14. The zero-order chi connectivity index (χ0) is 13.9. The van der Waals surface area contributed by atoms with Crippen molar-refractivity contribution in [3.05, 3.63) is 29.3 Å². The summed E-state index contributed by atoms with van der Waals surface area (Å²) >= 11 is 5.87. The van der Waals surface area contributed by atoms with Gasteiger partial charge in [0.2, 0.25) is 10.0 Å². The number of sulfonamides is 1. The Morgan fingerprint density at radius 3 is 2.68 bits per heavy atom. The van der Waals surface area contributed by atoms with E-state index in [1.165, 1.54) is 0 Å². The molecular weight excluding hydrogens is 284 g/mol. The fourth-order valence-corrected chi connectivity index (χ4v) is 3.05. The van der Waals surface area contributed by atoms with Gasteiger partial charge in [0.15, 0.2) is 0 Å². The van der Waals surface area contributed by atoms with Crippen LogP contribution in [0, 0.1) is 5.92 Å². The second-order valence-corrected chi connectivity index (χ2v) is 7.36. The van der Waals surface area contributed by atoms with Crippen LogP contribution in [0.5, 0.6) is 0 Å². The first kappa shape index (κ1) is 14.6. The summed E-state index contributed by atoms with van der Waals surface area (Å²) in [5, 5.41) is 0.732. The van der Waals surface area contributed by atoms with Gasteiger partial charge < -0.3 is 4.90 Å². The minimum Gasteiger partial charge on any atom is -0.371 e. The molecule has 106 valence electrons. The molecule has 1 aliphatic heterocycles. The molecule has 1 N–H and O–H groups in total. The van der Waals surface area contributed by atoms with Crippen LogP contribution in [0.2, 0.25) is 5.02 Å². The molecule has 0 spiro atoms. The van der Waals surface area contributed by atoms with Crippen LogP contribution in [0.3, 0.4) is 0 Å². The Kier molecular flexibility index (Phi) is 4.71. The molecule has 0 radical (unpaired) electrons. The van der Waals surface area contributed by atoms with Crippen molar-refractivity contribution in [3.63, 3.8) is 0 Å². The molecule has 0 bridgehead atoms. The highest BCUT2D eigenvalue weighted by Gasteiger charge is 2.23. The molecule has 0 amide bonds. The molecule has 1 aliphatic rings. The Bertz CT molecular complexity index is 516. The lowest BCUT2D eigenvalue weighted by molar-refractivity contribution is 0.542. The van der Waals surface area contributed by atoms with E-state index in [0.29, 0.717) is 12.5 Å². The summed E-state index contributed by atoms with van der Waals surface area (Å²) in [7, 11) is -3.08. The molecule has 1 saturated heterocycles. The second kappa shape index (κ2) is 6.11. The first-order valence-electron chi connectivity index (χ1n) is 6.48. The van der Waals surface area contributed by atoms with Crippen LogP contribution in [-0.4, -0.2) is 33.8 Å². The number of benzene rings is 1.